The van der Waals surface area contributed by atoms with E-state index in [1.165, 1.54) is 12.1 Å². The summed E-state index contributed by atoms with van der Waals surface area (Å²) >= 11 is 0. The SMILES string of the molecule is O=[N+]([O-])c1ccc(CCNCc2cccnc2)cc1. The number of hydrogen-bond donors (Lipinski definition) is 1. The summed E-state index contributed by atoms with van der Waals surface area (Å²) in [6.45, 7) is 1.60. The van der Waals surface area contributed by atoms with Crippen molar-refractivity contribution >= 4 is 5.69 Å². The smallest absolute Gasteiger partial charge is 0.269 e. The first-order chi connectivity index (χ1) is 9.25. The molecule has 0 radical (unpaired) electrons. The van der Waals surface area contributed by atoms with E-state index in [1.54, 1.807) is 18.3 Å². The fourth-order valence-electron chi connectivity index (χ4n) is 1.75. The molecule has 1 N–H and O–H groups in total. The van der Waals surface area contributed by atoms with E-state index in [1.807, 2.05) is 18.3 Å². The average Bonchev–Trinajstić information content (AvgIpc) is 2.45. The predicted octanol–water partition coefficient (Wildman–Crippen LogP) is 2.32. The summed E-state index contributed by atoms with van der Waals surface area (Å²) in [5.74, 6) is 0. The molecule has 0 aliphatic heterocycles. The number of nitro benzene ring substituents is 1. The van der Waals surface area contributed by atoms with E-state index in [0.29, 0.717) is 0 Å². The number of aromatic nitrogens is 1. The quantitative estimate of drug-likeness (QED) is 0.490. The number of rotatable bonds is 6. The first-order valence-electron chi connectivity index (χ1n) is 6.08. The van der Waals surface area contributed by atoms with Crippen molar-refractivity contribution in [2.24, 2.45) is 0 Å². The maximum absolute atomic E-state index is 10.5. The average molecular weight is 257 g/mol. The molecule has 2 aromatic rings. The van der Waals surface area contributed by atoms with E-state index in [4.69, 9.17) is 0 Å². The lowest BCUT2D eigenvalue weighted by molar-refractivity contribution is -0.384. The topological polar surface area (TPSA) is 68.1 Å². The van der Waals surface area contributed by atoms with Crippen molar-refractivity contribution in [2.75, 3.05) is 6.54 Å². The number of nitrogens with zero attached hydrogens (tertiary/aromatic N) is 2. The van der Waals surface area contributed by atoms with Gasteiger partial charge in [0.15, 0.2) is 0 Å². The summed E-state index contributed by atoms with van der Waals surface area (Å²) in [7, 11) is 0. The molecule has 5 heteroatoms. The second-order valence-corrected chi connectivity index (χ2v) is 4.21. The van der Waals surface area contributed by atoms with Gasteiger partial charge in [0.25, 0.3) is 5.69 Å². The highest BCUT2D eigenvalue weighted by Crippen LogP contribution is 2.11. The van der Waals surface area contributed by atoms with Crippen molar-refractivity contribution in [1.82, 2.24) is 10.3 Å². The molecule has 0 aliphatic carbocycles. The molecular weight excluding hydrogens is 242 g/mol. The van der Waals surface area contributed by atoms with Crippen LogP contribution < -0.4 is 5.32 Å². The van der Waals surface area contributed by atoms with Crippen molar-refractivity contribution in [3.8, 4) is 0 Å². The van der Waals surface area contributed by atoms with Gasteiger partial charge >= 0.3 is 0 Å². The van der Waals surface area contributed by atoms with Gasteiger partial charge in [-0.1, -0.05) is 18.2 Å². The lowest BCUT2D eigenvalue weighted by atomic mass is 10.1. The molecule has 19 heavy (non-hydrogen) atoms. The first-order valence-corrected chi connectivity index (χ1v) is 6.08. The molecule has 1 aromatic carbocycles. The van der Waals surface area contributed by atoms with Gasteiger partial charge in [0.2, 0.25) is 0 Å². The van der Waals surface area contributed by atoms with E-state index >= 15 is 0 Å². The molecule has 0 saturated carbocycles. The molecule has 0 unspecified atom stereocenters. The lowest BCUT2D eigenvalue weighted by Gasteiger charge is -2.04. The molecule has 1 heterocycles. The van der Waals surface area contributed by atoms with Gasteiger partial charge in [0, 0.05) is 31.1 Å². The molecule has 0 aliphatic rings. The van der Waals surface area contributed by atoms with Gasteiger partial charge in [0.1, 0.15) is 0 Å². The summed E-state index contributed by atoms with van der Waals surface area (Å²) in [5, 5.41) is 13.8. The Kier molecular flexibility index (Phi) is 4.58. The molecule has 0 amide bonds. The van der Waals surface area contributed by atoms with Crippen molar-refractivity contribution in [1.29, 1.82) is 0 Å². The monoisotopic (exact) mass is 257 g/mol. The number of hydrogen-bond acceptors (Lipinski definition) is 4. The van der Waals surface area contributed by atoms with Crippen molar-refractivity contribution < 1.29 is 4.92 Å². The summed E-state index contributed by atoms with van der Waals surface area (Å²) in [4.78, 5) is 14.2. The Balaban J connectivity index is 1.75. The number of nitro groups is 1. The van der Waals surface area contributed by atoms with Crippen LogP contribution in [-0.4, -0.2) is 16.5 Å². The minimum Gasteiger partial charge on any atom is -0.312 e. The molecule has 0 saturated heterocycles. The minimum atomic E-state index is -0.384. The molecule has 2 rings (SSSR count). The van der Waals surface area contributed by atoms with Crippen LogP contribution in [0.2, 0.25) is 0 Å². The zero-order valence-electron chi connectivity index (χ0n) is 10.5. The van der Waals surface area contributed by atoms with E-state index in [-0.39, 0.29) is 10.6 Å². The number of nitrogens with one attached hydrogen (secondary N) is 1. The van der Waals surface area contributed by atoms with E-state index in [0.717, 1.165) is 30.6 Å². The summed E-state index contributed by atoms with van der Waals surface area (Å²) in [6, 6.07) is 10.6. The summed E-state index contributed by atoms with van der Waals surface area (Å²) in [5.41, 5.74) is 2.36. The highest BCUT2D eigenvalue weighted by molar-refractivity contribution is 5.32. The second-order valence-electron chi connectivity index (χ2n) is 4.21. The second kappa shape index (κ2) is 6.61. The zero-order valence-corrected chi connectivity index (χ0v) is 10.5. The van der Waals surface area contributed by atoms with E-state index < -0.39 is 0 Å². The molecule has 0 atom stereocenters. The molecule has 5 nitrogen and oxygen atoms in total. The van der Waals surface area contributed by atoms with E-state index in [9.17, 15) is 10.1 Å². The van der Waals surface area contributed by atoms with Gasteiger partial charge in [-0.15, -0.1) is 0 Å². The Hall–Kier alpha value is -2.27. The van der Waals surface area contributed by atoms with Crippen molar-refractivity contribution in [3.63, 3.8) is 0 Å². The fourth-order valence-corrected chi connectivity index (χ4v) is 1.75. The van der Waals surface area contributed by atoms with Crippen molar-refractivity contribution in [2.45, 2.75) is 13.0 Å². The fraction of sp³-hybridized carbons (Fsp3) is 0.214. The molecular formula is C14H15N3O2. The summed E-state index contributed by atoms with van der Waals surface area (Å²) in [6.07, 6.45) is 4.43. The molecule has 1 aromatic heterocycles. The number of benzene rings is 1. The van der Waals surface area contributed by atoms with Crippen LogP contribution in [-0.2, 0) is 13.0 Å². The standard InChI is InChI=1S/C14H15N3O2/c18-17(19)14-5-3-12(4-6-14)7-9-16-11-13-2-1-8-15-10-13/h1-6,8,10,16H,7,9,11H2. The van der Waals surface area contributed by atoms with Crippen LogP contribution in [0.15, 0.2) is 48.8 Å². The molecule has 0 bridgehead atoms. The maximum Gasteiger partial charge on any atom is 0.269 e. The van der Waals surface area contributed by atoms with Crippen LogP contribution in [0.3, 0.4) is 0 Å². The lowest BCUT2D eigenvalue weighted by Crippen LogP contribution is -2.16. The Morgan fingerprint density at radius 1 is 1.16 bits per heavy atom. The Bertz CT molecular complexity index is 526. The number of non-ortho nitro benzene ring substituents is 1. The third-order valence-corrected chi connectivity index (χ3v) is 2.79. The van der Waals surface area contributed by atoms with Gasteiger partial charge in [-0.3, -0.25) is 15.1 Å². The van der Waals surface area contributed by atoms with Gasteiger partial charge in [-0.2, -0.15) is 0 Å². The van der Waals surface area contributed by atoms with Crippen LogP contribution in [0.1, 0.15) is 11.1 Å². The van der Waals surface area contributed by atoms with Gasteiger partial charge in [-0.25, -0.2) is 0 Å². The predicted molar refractivity (Wildman–Crippen MR) is 72.7 cm³/mol. The van der Waals surface area contributed by atoms with Crippen LogP contribution in [0.5, 0.6) is 0 Å². The largest absolute Gasteiger partial charge is 0.312 e. The van der Waals surface area contributed by atoms with Gasteiger partial charge in [-0.05, 0) is 30.2 Å². The van der Waals surface area contributed by atoms with Crippen LogP contribution in [0.4, 0.5) is 5.69 Å². The van der Waals surface area contributed by atoms with Crippen molar-refractivity contribution in [3.05, 3.63) is 70.0 Å². The minimum absolute atomic E-state index is 0.132. The maximum atomic E-state index is 10.5. The molecule has 0 spiro atoms. The van der Waals surface area contributed by atoms with Gasteiger partial charge in [0.05, 0.1) is 4.92 Å². The van der Waals surface area contributed by atoms with Gasteiger partial charge < -0.3 is 5.32 Å². The number of pyridine rings is 1. The highest BCUT2D eigenvalue weighted by Gasteiger charge is 2.03. The normalized spacial score (nSPS) is 10.3. The Morgan fingerprint density at radius 2 is 1.95 bits per heavy atom. The Morgan fingerprint density at radius 3 is 2.58 bits per heavy atom. The third-order valence-electron chi connectivity index (χ3n) is 2.79. The zero-order chi connectivity index (χ0) is 13.5. The Labute approximate surface area is 111 Å². The van der Waals surface area contributed by atoms with Crippen LogP contribution in [0.25, 0.3) is 0 Å². The van der Waals surface area contributed by atoms with Crippen LogP contribution in [0, 0.1) is 10.1 Å². The molecule has 0 fully saturated rings. The van der Waals surface area contributed by atoms with E-state index in [2.05, 4.69) is 10.3 Å². The third kappa shape index (κ3) is 4.15. The first kappa shape index (κ1) is 13.2. The van der Waals surface area contributed by atoms with Crippen LogP contribution >= 0.6 is 0 Å². The molecule has 98 valence electrons. The highest BCUT2D eigenvalue weighted by atomic mass is 16.6. The summed E-state index contributed by atoms with van der Waals surface area (Å²) < 4.78 is 0.